The van der Waals surface area contributed by atoms with Crippen LogP contribution in [0.15, 0.2) is 24.3 Å². The molecule has 2 saturated heterocycles. The van der Waals surface area contributed by atoms with Gasteiger partial charge >= 0.3 is 0 Å². The second-order valence-electron chi connectivity index (χ2n) is 6.04. The molecule has 114 valence electrons. The molecule has 0 aliphatic carbocycles. The summed E-state index contributed by atoms with van der Waals surface area (Å²) in [7, 11) is 2.18. The molecule has 2 aliphatic heterocycles. The Morgan fingerprint density at radius 3 is 2.95 bits per heavy atom. The number of nitrogens with two attached hydrogens (primary N) is 1. The van der Waals surface area contributed by atoms with Crippen molar-refractivity contribution < 1.29 is 9.53 Å². The van der Waals surface area contributed by atoms with Gasteiger partial charge in [-0.1, -0.05) is 6.07 Å². The van der Waals surface area contributed by atoms with E-state index in [2.05, 4.69) is 11.9 Å². The molecule has 1 aromatic carbocycles. The Kier molecular flexibility index (Phi) is 4.01. The van der Waals surface area contributed by atoms with Gasteiger partial charge in [0.15, 0.2) is 6.61 Å². The number of carbonyl (C=O) groups is 1. The lowest BCUT2D eigenvalue weighted by Crippen LogP contribution is -2.41. The average molecular weight is 289 g/mol. The molecule has 2 atom stereocenters. The van der Waals surface area contributed by atoms with Gasteiger partial charge < -0.3 is 15.4 Å². The largest absolute Gasteiger partial charge is 0.484 e. The molecular weight excluding hydrogens is 266 g/mol. The Hall–Kier alpha value is -1.75. The number of benzene rings is 1. The maximum Gasteiger partial charge on any atom is 0.260 e. The van der Waals surface area contributed by atoms with Gasteiger partial charge in [-0.05, 0) is 38.4 Å². The molecule has 0 aromatic heterocycles. The number of fused-ring (bicyclic) bond motifs is 2. The van der Waals surface area contributed by atoms with E-state index in [1.165, 1.54) is 12.8 Å². The zero-order valence-electron chi connectivity index (χ0n) is 12.5. The van der Waals surface area contributed by atoms with Crippen LogP contribution in [0, 0.1) is 0 Å². The molecule has 2 bridgehead atoms. The number of likely N-dealkylation sites (tertiary alicyclic amines) is 1. The molecule has 1 amide bonds. The second kappa shape index (κ2) is 5.93. The van der Waals surface area contributed by atoms with E-state index in [0.717, 1.165) is 19.5 Å². The van der Waals surface area contributed by atoms with E-state index in [0.29, 0.717) is 23.5 Å². The zero-order valence-corrected chi connectivity index (χ0v) is 12.5. The predicted octanol–water partition coefficient (Wildman–Crippen LogP) is 1.34. The van der Waals surface area contributed by atoms with E-state index in [1.54, 1.807) is 12.1 Å². The highest BCUT2D eigenvalue weighted by Gasteiger charge is 2.35. The summed E-state index contributed by atoms with van der Waals surface area (Å²) < 4.78 is 5.56. The molecule has 0 saturated carbocycles. The highest BCUT2D eigenvalue weighted by atomic mass is 16.5. The molecular formula is C16H23N3O2. The summed E-state index contributed by atoms with van der Waals surface area (Å²) in [5.74, 6) is 0.718. The first-order valence-corrected chi connectivity index (χ1v) is 7.61. The lowest BCUT2D eigenvalue weighted by Gasteiger charge is -2.25. The van der Waals surface area contributed by atoms with Gasteiger partial charge in [-0.2, -0.15) is 0 Å². The summed E-state index contributed by atoms with van der Waals surface area (Å²) in [6.45, 7) is 1.75. The first kappa shape index (κ1) is 14.2. The summed E-state index contributed by atoms with van der Waals surface area (Å²) in [4.78, 5) is 16.7. The number of rotatable bonds is 3. The van der Waals surface area contributed by atoms with E-state index in [-0.39, 0.29) is 12.5 Å². The second-order valence-corrected chi connectivity index (χ2v) is 6.04. The third-order valence-electron chi connectivity index (χ3n) is 4.72. The number of hydrogen-bond acceptors (Lipinski definition) is 4. The molecule has 0 spiro atoms. The molecule has 2 unspecified atom stereocenters. The number of anilines is 1. The Morgan fingerprint density at radius 1 is 1.33 bits per heavy atom. The van der Waals surface area contributed by atoms with Crippen molar-refractivity contribution in [3.8, 4) is 5.75 Å². The molecule has 21 heavy (non-hydrogen) atoms. The van der Waals surface area contributed by atoms with Crippen LogP contribution in [0.1, 0.15) is 19.3 Å². The number of nitrogen functional groups attached to an aromatic ring is 1. The number of ether oxygens (including phenoxy) is 1. The smallest absolute Gasteiger partial charge is 0.260 e. The van der Waals surface area contributed by atoms with Crippen LogP contribution in [0.5, 0.6) is 5.75 Å². The van der Waals surface area contributed by atoms with Crippen molar-refractivity contribution in [2.45, 2.75) is 31.3 Å². The number of carbonyl (C=O) groups excluding carboxylic acids is 1. The summed E-state index contributed by atoms with van der Waals surface area (Å²) in [6.07, 6.45) is 3.53. The maximum absolute atomic E-state index is 12.3. The minimum Gasteiger partial charge on any atom is -0.484 e. The maximum atomic E-state index is 12.3. The fourth-order valence-corrected chi connectivity index (χ4v) is 3.38. The molecule has 2 heterocycles. The number of likely N-dealkylation sites (N-methyl/N-ethyl adjacent to an activating group) is 1. The normalized spacial score (nSPS) is 25.7. The highest BCUT2D eigenvalue weighted by molar-refractivity contribution is 5.78. The summed E-state index contributed by atoms with van der Waals surface area (Å²) in [6, 6.07) is 8.34. The molecule has 1 aromatic rings. The average Bonchev–Trinajstić information content (AvgIpc) is 2.70. The van der Waals surface area contributed by atoms with Gasteiger partial charge in [-0.3, -0.25) is 9.69 Å². The van der Waals surface area contributed by atoms with Gasteiger partial charge in [0.2, 0.25) is 0 Å². The predicted molar refractivity (Wildman–Crippen MR) is 82.1 cm³/mol. The van der Waals surface area contributed by atoms with Gasteiger partial charge in [0.1, 0.15) is 5.75 Å². The Labute approximate surface area is 125 Å². The fraction of sp³-hybridized carbons (Fsp3) is 0.562. The van der Waals surface area contributed by atoms with Crippen LogP contribution in [0.25, 0.3) is 0 Å². The van der Waals surface area contributed by atoms with Gasteiger partial charge in [-0.25, -0.2) is 0 Å². The summed E-state index contributed by atoms with van der Waals surface area (Å²) >= 11 is 0. The van der Waals surface area contributed by atoms with Crippen LogP contribution in [0.4, 0.5) is 5.69 Å². The van der Waals surface area contributed by atoms with Crippen LogP contribution >= 0.6 is 0 Å². The molecule has 3 rings (SSSR count). The molecule has 2 aliphatic rings. The monoisotopic (exact) mass is 289 g/mol. The van der Waals surface area contributed by atoms with Crippen molar-refractivity contribution in [1.82, 2.24) is 9.80 Å². The fourth-order valence-electron chi connectivity index (χ4n) is 3.38. The molecule has 2 N–H and O–H groups in total. The zero-order chi connectivity index (χ0) is 14.8. The van der Waals surface area contributed by atoms with Crippen molar-refractivity contribution >= 4 is 11.6 Å². The van der Waals surface area contributed by atoms with Gasteiger partial charge in [0.05, 0.1) is 0 Å². The number of nitrogens with zero attached hydrogens (tertiary/aromatic N) is 2. The van der Waals surface area contributed by atoms with Crippen LogP contribution in [0.2, 0.25) is 0 Å². The molecule has 0 radical (unpaired) electrons. The SMILES string of the molecule is CN1C2CCC1CN(C(=O)COc1cccc(N)c1)CC2. The minimum atomic E-state index is 0.0679. The molecule has 5 heteroatoms. The number of hydrogen-bond donors (Lipinski definition) is 1. The first-order valence-electron chi connectivity index (χ1n) is 7.61. The van der Waals surface area contributed by atoms with Gasteiger partial charge in [-0.15, -0.1) is 0 Å². The van der Waals surface area contributed by atoms with Crippen LogP contribution in [-0.2, 0) is 4.79 Å². The Bertz CT molecular complexity index is 520. The van der Waals surface area contributed by atoms with Crippen LogP contribution in [-0.4, -0.2) is 54.5 Å². The van der Waals surface area contributed by atoms with Crippen molar-refractivity contribution in [3.05, 3.63) is 24.3 Å². The lowest BCUT2D eigenvalue weighted by atomic mass is 10.1. The van der Waals surface area contributed by atoms with E-state index in [1.807, 2.05) is 17.0 Å². The van der Waals surface area contributed by atoms with Crippen LogP contribution in [0.3, 0.4) is 0 Å². The van der Waals surface area contributed by atoms with E-state index < -0.39 is 0 Å². The van der Waals surface area contributed by atoms with Crippen molar-refractivity contribution in [2.24, 2.45) is 0 Å². The third-order valence-corrected chi connectivity index (χ3v) is 4.72. The Morgan fingerprint density at radius 2 is 2.14 bits per heavy atom. The molecule has 2 fully saturated rings. The standard InChI is InChI=1S/C16H23N3O2/c1-18-13-5-6-14(18)10-19(8-7-13)16(20)11-21-15-4-2-3-12(17)9-15/h2-4,9,13-14H,5-8,10-11,17H2,1H3. The van der Waals surface area contributed by atoms with E-state index in [9.17, 15) is 4.79 Å². The highest BCUT2D eigenvalue weighted by Crippen LogP contribution is 2.28. The Balaban J connectivity index is 1.56. The quantitative estimate of drug-likeness (QED) is 0.853. The summed E-state index contributed by atoms with van der Waals surface area (Å²) in [5, 5.41) is 0. The third kappa shape index (κ3) is 3.13. The minimum absolute atomic E-state index is 0.0679. The van der Waals surface area contributed by atoms with Gasteiger partial charge in [0.25, 0.3) is 5.91 Å². The van der Waals surface area contributed by atoms with Crippen molar-refractivity contribution in [2.75, 3.05) is 32.5 Å². The van der Waals surface area contributed by atoms with Crippen molar-refractivity contribution in [3.63, 3.8) is 0 Å². The van der Waals surface area contributed by atoms with E-state index in [4.69, 9.17) is 10.5 Å². The van der Waals surface area contributed by atoms with Crippen LogP contribution < -0.4 is 10.5 Å². The molecule has 5 nitrogen and oxygen atoms in total. The topological polar surface area (TPSA) is 58.8 Å². The summed E-state index contributed by atoms with van der Waals surface area (Å²) in [5.41, 5.74) is 6.35. The lowest BCUT2D eigenvalue weighted by molar-refractivity contribution is -0.133. The number of amides is 1. The van der Waals surface area contributed by atoms with Gasteiger partial charge in [0, 0.05) is 36.9 Å². The van der Waals surface area contributed by atoms with Crippen molar-refractivity contribution in [1.29, 1.82) is 0 Å². The first-order chi connectivity index (χ1) is 10.1. The van der Waals surface area contributed by atoms with E-state index >= 15 is 0 Å².